The highest BCUT2D eigenvalue weighted by molar-refractivity contribution is 5.69. The minimum atomic E-state index is -0.833. The Kier molecular flexibility index (Phi) is 72.1. The number of nitrogens with two attached hydrogens (primary N) is 2. The van der Waals surface area contributed by atoms with Crippen molar-refractivity contribution >= 4 is 6.03 Å². The second-order valence-corrected chi connectivity index (χ2v) is 1.03. The molecule has 0 fully saturated rings. The highest BCUT2D eigenvalue weighted by atomic mass is 16.3. The molecule has 0 saturated carbocycles. The molecule has 0 aliphatic carbocycles. The fourth-order valence-electron chi connectivity index (χ4n) is 0. The maximum atomic E-state index is 9.00. The third-order valence-corrected chi connectivity index (χ3v) is 0. The van der Waals surface area contributed by atoms with E-state index < -0.39 is 6.03 Å². The first kappa shape index (κ1) is 22.5. The van der Waals surface area contributed by atoms with E-state index in [0.717, 1.165) is 0 Å². The zero-order valence-electron chi connectivity index (χ0n) is 6.87. The molecular weight excluding hydrogens is 152 g/mol. The molecule has 0 bridgehead atoms. The molecule has 11 heavy (non-hydrogen) atoms. The van der Waals surface area contributed by atoms with Gasteiger partial charge >= 0.3 is 6.03 Å². The van der Waals surface area contributed by atoms with Crippen molar-refractivity contribution in [2.45, 2.75) is 13.8 Å². The monoisotopic (exact) mass is 170 g/mol. The van der Waals surface area contributed by atoms with Crippen LogP contribution in [0.5, 0.6) is 0 Å². The molecule has 0 radical (unpaired) electrons. The van der Waals surface area contributed by atoms with Gasteiger partial charge in [-0.2, -0.15) is 0 Å². The molecule has 0 unspecified atom stereocenters. The van der Waals surface area contributed by atoms with E-state index in [9.17, 15) is 0 Å². The van der Waals surface area contributed by atoms with Crippen molar-refractivity contribution in [3.63, 3.8) is 0 Å². The van der Waals surface area contributed by atoms with Gasteiger partial charge in [0.15, 0.2) is 0 Å². The van der Waals surface area contributed by atoms with Gasteiger partial charge in [-0.1, -0.05) is 0 Å². The van der Waals surface area contributed by atoms with E-state index in [2.05, 4.69) is 11.5 Å². The predicted octanol–water partition coefficient (Wildman–Crippen LogP) is -1.80. The van der Waals surface area contributed by atoms with Crippen molar-refractivity contribution in [3.8, 4) is 0 Å². The van der Waals surface area contributed by atoms with E-state index in [1.54, 1.807) is 13.8 Å². The topological polar surface area (TPSA) is 141 Å². The van der Waals surface area contributed by atoms with E-state index in [1.165, 1.54) is 0 Å². The first-order valence-corrected chi connectivity index (χ1v) is 2.83. The quantitative estimate of drug-likeness (QED) is 0.340. The first-order chi connectivity index (χ1) is 4.56. The zero-order chi connectivity index (χ0) is 8.99. The van der Waals surface area contributed by atoms with Gasteiger partial charge < -0.3 is 27.2 Å². The van der Waals surface area contributed by atoms with Gasteiger partial charge in [0, 0.05) is 13.2 Å². The number of amides is 2. The molecule has 0 aliphatic heterocycles. The Hall–Kier alpha value is -0.850. The summed E-state index contributed by atoms with van der Waals surface area (Å²) in [5.41, 5.74) is 8.50. The summed E-state index contributed by atoms with van der Waals surface area (Å²) in [4.78, 5) is 9.00. The van der Waals surface area contributed by atoms with Crippen LogP contribution in [0, 0.1) is 0 Å². The molecule has 0 heterocycles. The highest BCUT2D eigenvalue weighted by Crippen LogP contribution is 1.30. The Labute approximate surface area is 66.1 Å². The standard InChI is InChI=1S/2C2H6O.CH4N2O.H2O/c2*1-2-3;2-1(3)4;/h2*3H,2H2,1H3;(H4,2,3,4);1H2. The van der Waals surface area contributed by atoms with Gasteiger partial charge in [0.2, 0.25) is 0 Å². The van der Waals surface area contributed by atoms with E-state index in [1.807, 2.05) is 0 Å². The van der Waals surface area contributed by atoms with Crippen LogP contribution >= 0.6 is 0 Å². The van der Waals surface area contributed by atoms with Crippen LogP contribution in [0.3, 0.4) is 0 Å². The number of aliphatic hydroxyl groups is 2. The van der Waals surface area contributed by atoms with Crippen LogP contribution in [0.1, 0.15) is 13.8 Å². The average molecular weight is 170 g/mol. The van der Waals surface area contributed by atoms with Crippen LogP contribution in [0.15, 0.2) is 0 Å². The Morgan fingerprint density at radius 2 is 1.18 bits per heavy atom. The second kappa shape index (κ2) is 35.3. The van der Waals surface area contributed by atoms with E-state index in [0.29, 0.717) is 0 Å². The summed E-state index contributed by atoms with van der Waals surface area (Å²) < 4.78 is 0. The maximum Gasteiger partial charge on any atom is 0.309 e. The van der Waals surface area contributed by atoms with Crippen LogP contribution < -0.4 is 11.5 Å². The van der Waals surface area contributed by atoms with E-state index in [4.69, 9.17) is 15.0 Å². The number of hydrogen-bond acceptors (Lipinski definition) is 3. The van der Waals surface area contributed by atoms with Crippen molar-refractivity contribution in [3.05, 3.63) is 0 Å². The molecule has 72 valence electrons. The third-order valence-electron chi connectivity index (χ3n) is 0. The molecule has 0 aliphatic rings. The number of carbonyl (C=O) groups is 1. The van der Waals surface area contributed by atoms with E-state index >= 15 is 0 Å². The molecule has 0 aromatic carbocycles. The lowest BCUT2D eigenvalue weighted by Crippen LogP contribution is -2.18. The number of urea groups is 1. The third kappa shape index (κ3) is 647. The summed E-state index contributed by atoms with van der Waals surface area (Å²) in [5.74, 6) is 0. The van der Waals surface area contributed by atoms with Gasteiger partial charge in [0.05, 0.1) is 0 Å². The van der Waals surface area contributed by atoms with Crippen LogP contribution in [0.2, 0.25) is 0 Å². The molecule has 8 N–H and O–H groups in total. The number of carbonyl (C=O) groups excluding carboxylic acids is 1. The fourth-order valence-corrected chi connectivity index (χ4v) is 0. The minimum absolute atomic E-state index is 0. The Morgan fingerprint density at radius 1 is 1.18 bits per heavy atom. The second-order valence-electron chi connectivity index (χ2n) is 1.03. The van der Waals surface area contributed by atoms with E-state index in [-0.39, 0.29) is 18.7 Å². The average Bonchev–Trinajstić information content (AvgIpc) is 1.65. The van der Waals surface area contributed by atoms with Crippen LogP contribution in [0.4, 0.5) is 4.79 Å². The van der Waals surface area contributed by atoms with Crippen molar-refractivity contribution in [2.75, 3.05) is 13.2 Å². The Balaban J connectivity index is -0.0000000325. The van der Waals surface area contributed by atoms with Crippen LogP contribution in [-0.4, -0.2) is 34.9 Å². The summed E-state index contributed by atoms with van der Waals surface area (Å²) in [6.45, 7) is 3.86. The molecule has 6 heteroatoms. The number of hydrogen-bond donors (Lipinski definition) is 4. The van der Waals surface area contributed by atoms with Gasteiger partial charge in [-0.05, 0) is 13.8 Å². The molecule has 0 atom stereocenters. The van der Waals surface area contributed by atoms with Gasteiger partial charge in [-0.3, -0.25) is 0 Å². The molecule has 0 aromatic heterocycles. The van der Waals surface area contributed by atoms with Gasteiger partial charge in [0.25, 0.3) is 0 Å². The molecular formula is C5H18N2O4. The number of primary amides is 2. The Bertz CT molecular complexity index is 54.4. The van der Waals surface area contributed by atoms with Crippen molar-refractivity contribution in [1.29, 1.82) is 0 Å². The van der Waals surface area contributed by atoms with Crippen LogP contribution in [-0.2, 0) is 0 Å². The van der Waals surface area contributed by atoms with Gasteiger partial charge in [-0.15, -0.1) is 0 Å². The largest absolute Gasteiger partial charge is 0.412 e. The lowest BCUT2D eigenvalue weighted by Gasteiger charge is -1.62. The first-order valence-electron chi connectivity index (χ1n) is 2.83. The maximum absolute atomic E-state index is 9.00. The summed E-state index contributed by atoms with van der Waals surface area (Å²) in [6, 6.07) is -0.833. The normalized spacial score (nSPS) is 5.45. The summed E-state index contributed by atoms with van der Waals surface area (Å²) in [5, 5.41) is 15.1. The number of rotatable bonds is 0. The minimum Gasteiger partial charge on any atom is -0.412 e. The predicted molar refractivity (Wildman–Crippen MR) is 42.9 cm³/mol. The van der Waals surface area contributed by atoms with Crippen molar-refractivity contribution in [1.82, 2.24) is 0 Å². The highest BCUT2D eigenvalue weighted by Gasteiger charge is 1.60. The smallest absolute Gasteiger partial charge is 0.309 e. The molecule has 2 amide bonds. The molecule has 0 spiro atoms. The summed E-state index contributed by atoms with van der Waals surface area (Å²) >= 11 is 0. The van der Waals surface area contributed by atoms with Gasteiger partial charge in [0.1, 0.15) is 0 Å². The summed E-state index contributed by atoms with van der Waals surface area (Å²) in [6.07, 6.45) is 0. The Morgan fingerprint density at radius 3 is 1.18 bits per heavy atom. The lowest BCUT2D eigenvalue weighted by molar-refractivity contribution is 0.256. The molecule has 0 rings (SSSR count). The van der Waals surface area contributed by atoms with Crippen molar-refractivity contribution < 1.29 is 20.5 Å². The fraction of sp³-hybridized carbons (Fsp3) is 0.800. The lowest BCUT2D eigenvalue weighted by atomic mass is 10.9. The zero-order valence-corrected chi connectivity index (χ0v) is 6.87. The number of aliphatic hydroxyl groups excluding tert-OH is 2. The molecule has 0 aromatic rings. The summed E-state index contributed by atoms with van der Waals surface area (Å²) in [7, 11) is 0. The van der Waals surface area contributed by atoms with Gasteiger partial charge in [-0.25, -0.2) is 4.79 Å². The molecule has 0 saturated heterocycles. The molecule has 6 nitrogen and oxygen atoms in total. The SMILES string of the molecule is CCO.CCO.NC(N)=O.O. The van der Waals surface area contributed by atoms with Crippen LogP contribution in [0.25, 0.3) is 0 Å². The van der Waals surface area contributed by atoms with Crippen molar-refractivity contribution in [2.24, 2.45) is 11.5 Å².